The van der Waals surface area contributed by atoms with Crippen LogP contribution >= 0.6 is 49.2 Å². The lowest BCUT2D eigenvalue weighted by molar-refractivity contribution is 0.0694. The van der Waals surface area contributed by atoms with Crippen LogP contribution in [0.25, 0.3) is 11.0 Å². The van der Waals surface area contributed by atoms with Gasteiger partial charge in [-0.05, 0) is 13.0 Å². The second-order valence-corrected chi connectivity index (χ2v) is 11.6. The molecule has 18 heteroatoms. The molecular formula is C17H25Br2FN4O9P2. The van der Waals surface area contributed by atoms with E-state index in [1.54, 1.807) is 6.92 Å². The number of hydrogen-bond acceptors (Lipinski definition) is 7. The predicted molar refractivity (Wildman–Crippen MR) is 136 cm³/mol. The molecule has 0 saturated carbocycles. The Hall–Kier alpha value is -1.22. The van der Waals surface area contributed by atoms with Crippen molar-refractivity contribution in [1.29, 1.82) is 0 Å². The maximum absolute atomic E-state index is 14.9. The minimum Gasteiger partial charge on any atom is -0.477 e. The van der Waals surface area contributed by atoms with Crippen LogP contribution in [0.3, 0.4) is 0 Å². The van der Waals surface area contributed by atoms with Crippen molar-refractivity contribution < 1.29 is 43.0 Å². The number of rotatable bonds is 7. The van der Waals surface area contributed by atoms with E-state index in [1.165, 1.54) is 14.4 Å². The largest absolute Gasteiger partial charge is 0.477 e. The number of halogens is 3. The number of fused-ring (bicyclic) bond motifs is 1. The highest BCUT2D eigenvalue weighted by Crippen LogP contribution is 2.59. The Morgan fingerprint density at radius 2 is 1.66 bits per heavy atom. The average Bonchev–Trinajstić information content (AvgIpc) is 2.71. The van der Waals surface area contributed by atoms with Crippen LogP contribution < -0.4 is 10.3 Å². The third kappa shape index (κ3) is 6.96. The van der Waals surface area contributed by atoms with Gasteiger partial charge in [-0.15, -0.1) is 34.0 Å². The summed E-state index contributed by atoms with van der Waals surface area (Å²) in [4.78, 5) is 68.2. The first-order chi connectivity index (χ1) is 15.2. The predicted octanol–water partition coefficient (Wildman–Crippen LogP) is 1.21. The zero-order chi connectivity index (χ0) is 24.7. The second-order valence-electron chi connectivity index (χ2n) is 7.57. The zero-order valence-electron chi connectivity index (χ0n) is 18.2. The number of aromatic carboxylic acids is 1. The molecule has 0 bridgehead atoms. The van der Waals surface area contributed by atoms with Crippen LogP contribution in [0.2, 0.25) is 0 Å². The van der Waals surface area contributed by atoms with Gasteiger partial charge in [0.15, 0.2) is 17.0 Å². The van der Waals surface area contributed by atoms with Gasteiger partial charge in [0, 0.05) is 45.5 Å². The number of pyridine rings is 2. The Kier molecular flexibility index (Phi) is 10.8. The summed E-state index contributed by atoms with van der Waals surface area (Å²) in [6.07, 6.45) is 1.14. The fraction of sp³-hybridized carbons (Fsp3) is 0.471. The van der Waals surface area contributed by atoms with Crippen LogP contribution in [-0.4, -0.2) is 83.2 Å². The van der Waals surface area contributed by atoms with Gasteiger partial charge in [-0.2, -0.15) is 0 Å². The van der Waals surface area contributed by atoms with Gasteiger partial charge in [0.25, 0.3) is 0 Å². The molecule has 3 heterocycles. The Morgan fingerprint density at radius 3 is 2.11 bits per heavy atom. The highest BCUT2D eigenvalue weighted by molar-refractivity contribution is 8.93. The molecule has 0 amide bonds. The first-order valence-corrected chi connectivity index (χ1v) is 13.1. The molecule has 0 atom stereocenters. The molecule has 1 aliphatic heterocycles. The highest BCUT2D eigenvalue weighted by Gasteiger charge is 2.44. The van der Waals surface area contributed by atoms with Gasteiger partial charge in [0.1, 0.15) is 11.2 Å². The quantitative estimate of drug-likeness (QED) is 0.265. The molecule has 2 aromatic heterocycles. The minimum atomic E-state index is -5.06. The third-order valence-corrected chi connectivity index (χ3v) is 9.11. The molecule has 3 rings (SSSR count). The van der Waals surface area contributed by atoms with Crippen LogP contribution in [0.15, 0.2) is 17.1 Å². The van der Waals surface area contributed by atoms with E-state index in [4.69, 9.17) is 0 Å². The van der Waals surface area contributed by atoms with Crippen molar-refractivity contribution in [2.45, 2.75) is 18.9 Å². The Bertz CT molecular complexity index is 1220. The van der Waals surface area contributed by atoms with Crippen LogP contribution in [0.5, 0.6) is 0 Å². The third-order valence-electron chi connectivity index (χ3n) is 5.42. The summed E-state index contributed by atoms with van der Waals surface area (Å²) >= 11 is 0. The summed E-state index contributed by atoms with van der Waals surface area (Å²) in [6.45, 7) is 1.94. The summed E-state index contributed by atoms with van der Waals surface area (Å²) in [6, 6.07) is 0.933. The molecule has 0 spiro atoms. The molecule has 0 aliphatic carbocycles. The van der Waals surface area contributed by atoms with Crippen molar-refractivity contribution in [3.05, 3.63) is 33.9 Å². The van der Waals surface area contributed by atoms with Gasteiger partial charge < -0.3 is 34.1 Å². The molecule has 1 saturated heterocycles. The van der Waals surface area contributed by atoms with E-state index in [-0.39, 0.29) is 83.5 Å². The number of nitrogens with zero attached hydrogens (tertiary/aromatic N) is 4. The van der Waals surface area contributed by atoms with E-state index in [1.807, 2.05) is 0 Å². The summed E-state index contributed by atoms with van der Waals surface area (Å²) in [5, 5.41) is 6.89. The number of piperazine rings is 1. The van der Waals surface area contributed by atoms with Gasteiger partial charge in [-0.25, -0.2) is 14.2 Å². The van der Waals surface area contributed by atoms with E-state index in [2.05, 4.69) is 4.98 Å². The van der Waals surface area contributed by atoms with Crippen LogP contribution in [-0.2, 0) is 15.7 Å². The van der Waals surface area contributed by atoms with Gasteiger partial charge in [0.05, 0.1) is 5.39 Å². The maximum atomic E-state index is 14.9. The van der Waals surface area contributed by atoms with Gasteiger partial charge in [-0.3, -0.25) is 18.8 Å². The monoisotopic (exact) mass is 668 g/mol. The van der Waals surface area contributed by atoms with E-state index in [0.717, 1.165) is 12.3 Å². The van der Waals surface area contributed by atoms with Crippen molar-refractivity contribution >= 4 is 72.0 Å². The van der Waals surface area contributed by atoms with Crippen molar-refractivity contribution in [2.24, 2.45) is 0 Å². The molecule has 0 aromatic carbocycles. The van der Waals surface area contributed by atoms with Crippen molar-refractivity contribution in [1.82, 2.24) is 14.5 Å². The molecule has 198 valence electrons. The molecule has 35 heavy (non-hydrogen) atoms. The maximum Gasteiger partial charge on any atom is 0.342 e. The highest BCUT2D eigenvalue weighted by atomic mass is 79.9. The van der Waals surface area contributed by atoms with Gasteiger partial charge >= 0.3 is 21.2 Å². The van der Waals surface area contributed by atoms with E-state index < -0.39 is 49.9 Å². The van der Waals surface area contributed by atoms with E-state index >= 15 is 0 Å². The summed E-state index contributed by atoms with van der Waals surface area (Å²) in [7, 11) is -10.1. The lowest BCUT2D eigenvalue weighted by atomic mass is 10.2. The molecule has 13 nitrogen and oxygen atoms in total. The lowest BCUT2D eigenvalue weighted by Crippen LogP contribution is -2.49. The van der Waals surface area contributed by atoms with Gasteiger partial charge in [0.2, 0.25) is 5.43 Å². The summed E-state index contributed by atoms with van der Waals surface area (Å²) in [5.74, 6) is -2.37. The number of carboxylic acids is 1. The lowest BCUT2D eigenvalue weighted by Gasteiger charge is -2.37. The topological polar surface area (TPSA) is 194 Å². The standard InChI is InChI=1S/C17H23FN4O9P2.2BrH/c1-2-21-8-11(17(24)25)14(23)10-7-12(18)16(19-15(10)21)22-5-3-20(4-6-22)9-13(32(26,27)28)33(29,30)31;;/h7-8,13H,2-6,9H2,1H3,(H,24,25)(H2,26,27,28)(H2,29,30,31);2*1H. The number of carbonyl (C=O) groups is 1. The van der Waals surface area contributed by atoms with Crippen LogP contribution in [0.4, 0.5) is 10.2 Å². The average molecular weight is 670 g/mol. The molecular weight excluding hydrogens is 645 g/mol. The zero-order valence-corrected chi connectivity index (χ0v) is 23.4. The number of aromatic nitrogens is 2. The van der Waals surface area contributed by atoms with Crippen molar-refractivity contribution in [3.63, 3.8) is 0 Å². The first-order valence-electron chi connectivity index (χ1n) is 9.78. The van der Waals surface area contributed by atoms with E-state index in [9.17, 15) is 47.8 Å². The van der Waals surface area contributed by atoms with Crippen molar-refractivity contribution in [3.8, 4) is 0 Å². The summed E-state index contributed by atoms with van der Waals surface area (Å²) < 4.78 is 39.3. The number of anilines is 1. The van der Waals surface area contributed by atoms with Crippen LogP contribution in [0.1, 0.15) is 17.3 Å². The Morgan fingerprint density at radius 1 is 1.11 bits per heavy atom. The molecule has 1 aliphatic rings. The van der Waals surface area contributed by atoms with Crippen molar-refractivity contribution in [2.75, 3.05) is 37.6 Å². The first kappa shape index (κ1) is 31.8. The number of carboxylic acid groups (broad SMARTS) is 1. The fourth-order valence-corrected chi connectivity index (χ4v) is 6.13. The normalized spacial score (nSPS) is 15.1. The minimum absolute atomic E-state index is 0. The van der Waals surface area contributed by atoms with E-state index in [0.29, 0.717) is 0 Å². The van der Waals surface area contributed by atoms with Gasteiger partial charge in [-0.1, -0.05) is 0 Å². The molecule has 2 aromatic rings. The molecule has 5 N–H and O–H groups in total. The Labute approximate surface area is 219 Å². The van der Waals surface area contributed by atoms with Crippen LogP contribution in [0, 0.1) is 5.82 Å². The Balaban J connectivity index is 0.00000306. The number of hydrogen-bond donors (Lipinski definition) is 5. The molecule has 0 unspecified atom stereocenters. The smallest absolute Gasteiger partial charge is 0.342 e. The molecule has 1 fully saturated rings. The fourth-order valence-electron chi connectivity index (χ4n) is 3.67. The molecule has 0 radical (unpaired) electrons. The SMILES string of the molecule is Br.Br.CCn1cc(C(=O)O)c(=O)c2cc(F)c(N3CCN(CC(P(=O)(O)O)P(=O)(O)O)CC3)nc21. The number of aryl methyl sites for hydroxylation is 1. The summed E-state index contributed by atoms with van der Waals surface area (Å²) in [5.41, 5.74) is -1.25. The second kappa shape index (κ2) is 11.9.